The number of nitrogens with zero attached hydrogens (tertiary/aromatic N) is 5. The minimum atomic E-state index is -0.284. The standard InChI is InChI=1S/C19H26FN5O/c1-13(2)18-21-22-19-14(3)24(9-10-25(18)19)12-17(26)23(4)11-15-7-5-6-8-16(15)20/h5-8,13-14H,9-12H2,1-4H3. The lowest BCUT2D eigenvalue weighted by Gasteiger charge is -2.34. The Morgan fingerprint density at radius 3 is 2.73 bits per heavy atom. The molecule has 2 aromatic rings. The molecule has 1 amide bonds. The fraction of sp³-hybridized carbons (Fsp3) is 0.526. The van der Waals surface area contributed by atoms with Crippen molar-refractivity contribution in [1.29, 1.82) is 0 Å². The molecule has 0 fully saturated rings. The molecule has 3 rings (SSSR count). The average molecular weight is 359 g/mol. The first kappa shape index (κ1) is 18.5. The van der Waals surface area contributed by atoms with Crippen LogP contribution in [-0.4, -0.2) is 50.6 Å². The molecule has 0 saturated carbocycles. The lowest BCUT2D eigenvalue weighted by Crippen LogP contribution is -2.44. The van der Waals surface area contributed by atoms with E-state index in [1.165, 1.54) is 6.07 Å². The lowest BCUT2D eigenvalue weighted by atomic mass is 10.1. The molecule has 1 aliphatic heterocycles. The van der Waals surface area contributed by atoms with Gasteiger partial charge in [0.1, 0.15) is 17.5 Å². The molecule has 7 heteroatoms. The maximum absolute atomic E-state index is 13.8. The number of fused-ring (bicyclic) bond motifs is 1. The second-order valence-corrected chi connectivity index (χ2v) is 7.21. The third-order valence-electron chi connectivity index (χ3n) is 4.99. The van der Waals surface area contributed by atoms with Crippen molar-refractivity contribution in [3.8, 4) is 0 Å². The van der Waals surface area contributed by atoms with E-state index in [9.17, 15) is 9.18 Å². The molecule has 140 valence electrons. The summed E-state index contributed by atoms with van der Waals surface area (Å²) >= 11 is 0. The predicted molar refractivity (Wildman–Crippen MR) is 97.0 cm³/mol. The summed E-state index contributed by atoms with van der Waals surface area (Å²) < 4.78 is 16.0. The number of hydrogen-bond donors (Lipinski definition) is 0. The van der Waals surface area contributed by atoms with Crippen molar-refractivity contribution in [3.05, 3.63) is 47.3 Å². The van der Waals surface area contributed by atoms with Crippen molar-refractivity contribution in [3.63, 3.8) is 0 Å². The molecule has 0 radical (unpaired) electrons. The number of aromatic nitrogens is 3. The Balaban J connectivity index is 1.65. The zero-order valence-corrected chi connectivity index (χ0v) is 15.8. The molecular weight excluding hydrogens is 333 g/mol. The van der Waals surface area contributed by atoms with E-state index in [0.29, 0.717) is 11.5 Å². The highest BCUT2D eigenvalue weighted by molar-refractivity contribution is 5.78. The minimum absolute atomic E-state index is 0.0227. The number of halogens is 1. The molecule has 1 aromatic carbocycles. The van der Waals surface area contributed by atoms with Gasteiger partial charge >= 0.3 is 0 Å². The van der Waals surface area contributed by atoms with Gasteiger partial charge < -0.3 is 9.47 Å². The Kier molecular flexibility index (Phi) is 5.36. The minimum Gasteiger partial charge on any atom is -0.340 e. The van der Waals surface area contributed by atoms with Crippen LogP contribution >= 0.6 is 0 Å². The van der Waals surface area contributed by atoms with Crippen LogP contribution in [0, 0.1) is 5.82 Å². The van der Waals surface area contributed by atoms with Crippen LogP contribution in [0.15, 0.2) is 24.3 Å². The Labute approximate surface area is 153 Å². The van der Waals surface area contributed by atoms with Gasteiger partial charge in [0.15, 0.2) is 0 Å². The normalized spacial score (nSPS) is 17.4. The fourth-order valence-corrected chi connectivity index (χ4v) is 3.36. The molecule has 0 saturated heterocycles. The van der Waals surface area contributed by atoms with Crippen LogP contribution in [0.5, 0.6) is 0 Å². The van der Waals surface area contributed by atoms with E-state index < -0.39 is 0 Å². The molecule has 2 heterocycles. The SMILES string of the molecule is CC(C)c1nnc2n1CCN(CC(=O)N(C)Cc1ccccc1F)C2C. The third kappa shape index (κ3) is 3.62. The second-order valence-electron chi connectivity index (χ2n) is 7.21. The van der Waals surface area contributed by atoms with Crippen molar-refractivity contribution < 1.29 is 9.18 Å². The number of hydrogen-bond acceptors (Lipinski definition) is 4. The van der Waals surface area contributed by atoms with Crippen LogP contribution in [-0.2, 0) is 17.9 Å². The highest BCUT2D eigenvalue weighted by Gasteiger charge is 2.30. The third-order valence-corrected chi connectivity index (χ3v) is 4.99. The van der Waals surface area contributed by atoms with Crippen molar-refractivity contribution >= 4 is 5.91 Å². The maximum atomic E-state index is 13.8. The van der Waals surface area contributed by atoms with Gasteiger partial charge in [0.2, 0.25) is 5.91 Å². The first-order valence-corrected chi connectivity index (χ1v) is 9.03. The largest absolute Gasteiger partial charge is 0.340 e. The zero-order valence-electron chi connectivity index (χ0n) is 15.8. The van der Waals surface area contributed by atoms with Crippen LogP contribution in [0.25, 0.3) is 0 Å². The van der Waals surface area contributed by atoms with Crippen molar-refractivity contribution in [2.24, 2.45) is 0 Å². The van der Waals surface area contributed by atoms with Crippen LogP contribution in [0.2, 0.25) is 0 Å². The van der Waals surface area contributed by atoms with Crippen LogP contribution in [0.3, 0.4) is 0 Å². The summed E-state index contributed by atoms with van der Waals surface area (Å²) in [6.07, 6.45) is 0. The molecular formula is C19H26FN5O. The summed E-state index contributed by atoms with van der Waals surface area (Å²) in [5, 5.41) is 8.65. The summed E-state index contributed by atoms with van der Waals surface area (Å²) in [5.41, 5.74) is 0.524. The van der Waals surface area contributed by atoms with E-state index in [1.807, 2.05) is 6.92 Å². The topological polar surface area (TPSA) is 54.3 Å². The summed E-state index contributed by atoms with van der Waals surface area (Å²) in [5.74, 6) is 1.91. The summed E-state index contributed by atoms with van der Waals surface area (Å²) in [4.78, 5) is 16.3. The number of rotatable bonds is 5. The van der Waals surface area contributed by atoms with Crippen LogP contribution in [0.1, 0.15) is 49.9 Å². The monoisotopic (exact) mass is 359 g/mol. The Bertz CT molecular complexity index is 788. The van der Waals surface area contributed by atoms with Gasteiger partial charge in [0, 0.05) is 38.2 Å². The first-order chi connectivity index (χ1) is 12.4. The first-order valence-electron chi connectivity index (χ1n) is 9.03. The van der Waals surface area contributed by atoms with Gasteiger partial charge in [-0.25, -0.2) is 4.39 Å². The second kappa shape index (κ2) is 7.53. The molecule has 0 spiro atoms. The van der Waals surface area contributed by atoms with Gasteiger partial charge in [-0.05, 0) is 13.0 Å². The number of carbonyl (C=O) groups excluding carboxylic acids is 1. The molecule has 0 bridgehead atoms. The molecule has 1 aromatic heterocycles. The van der Waals surface area contributed by atoms with E-state index in [0.717, 1.165) is 24.7 Å². The van der Waals surface area contributed by atoms with Crippen molar-refractivity contribution in [1.82, 2.24) is 24.6 Å². The van der Waals surface area contributed by atoms with Crippen LogP contribution < -0.4 is 0 Å². The lowest BCUT2D eigenvalue weighted by molar-refractivity contribution is -0.132. The van der Waals surface area contributed by atoms with Gasteiger partial charge in [0.25, 0.3) is 0 Å². The Morgan fingerprint density at radius 1 is 1.31 bits per heavy atom. The Hall–Kier alpha value is -2.28. The summed E-state index contributed by atoms with van der Waals surface area (Å²) in [7, 11) is 1.71. The predicted octanol–water partition coefficient (Wildman–Crippen LogP) is 2.58. The van der Waals surface area contributed by atoms with Gasteiger partial charge in [-0.2, -0.15) is 0 Å². The molecule has 1 unspecified atom stereocenters. The van der Waals surface area contributed by atoms with E-state index >= 15 is 0 Å². The molecule has 0 aliphatic carbocycles. The van der Waals surface area contributed by atoms with E-state index in [1.54, 1.807) is 30.1 Å². The quantitative estimate of drug-likeness (QED) is 0.823. The molecule has 26 heavy (non-hydrogen) atoms. The maximum Gasteiger partial charge on any atom is 0.236 e. The number of benzene rings is 1. The molecule has 1 atom stereocenters. The smallest absolute Gasteiger partial charge is 0.236 e. The molecule has 0 N–H and O–H groups in total. The Morgan fingerprint density at radius 2 is 2.04 bits per heavy atom. The molecule has 1 aliphatic rings. The highest BCUT2D eigenvalue weighted by atomic mass is 19.1. The zero-order chi connectivity index (χ0) is 18.8. The van der Waals surface area contributed by atoms with Gasteiger partial charge in [0.05, 0.1) is 12.6 Å². The van der Waals surface area contributed by atoms with Gasteiger partial charge in [-0.15, -0.1) is 10.2 Å². The van der Waals surface area contributed by atoms with E-state index in [-0.39, 0.29) is 30.9 Å². The highest BCUT2D eigenvalue weighted by Crippen LogP contribution is 2.26. The van der Waals surface area contributed by atoms with E-state index in [2.05, 4.69) is 33.5 Å². The van der Waals surface area contributed by atoms with Crippen LogP contribution in [0.4, 0.5) is 4.39 Å². The number of carbonyl (C=O) groups is 1. The van der Waals surface area contributed by atoms with Crippen molar-refractivity contribution in [2.45, 2.75) is 45.8 Å². The summed E-state index contributed by atoms with van der Waals surface area (Å²) in [6, 6.07) is 6.58. The van der Waals surface area contributed by atoms with Gasteiger partial charge in [-0.3, -0.25) is 9.69 Å². The average Bonchev–Trinajstić information content (AvgIpc) is 3.04. The number of likely N-dealkylation sites (N-methyl/N-ethyl adjacent to an activating group) is 1. The summed E-state index contributed by atoms with van der Waals surface area (Å²) in [6.45, 7) is 8.37. The van der Waals surface area contributed by atoms with Crippen molar-refractivity contribution in [2.75, 3.05) is 20.1 Å². The molecule has 6 nitrogen and oxygen atoms in total. The van der Waals surface area contributed by atoms with Gasteiger partial charge in [-0.1, -0.05) is 32.0 Å². The van der Waals surface area contributed by atoms with E-state index in [4.69, 9.17) is 0 Å². The number of amides is 1. The fourth-order valence-electron chi connectivity index (χ4n) is 3.36.